The minimum absolute atomic E-state index is 0.0761. The van der Waals surface area contributed by atoms with E-state index in [9.17, 15) is 10.1 Å². The average Bonchev–Trinajstić information content (AvgIpc) is 3.28. The lowest BCUT2D eigenvalue weighted by atomic mass is 10.2. The van der Waals surface area contributed by atoms with Gasteiger partial charge >= 0.3 is 0 Å². The molecule has 7 nitrogen and oxygen atoms in total. The molecule has 0 radical (unpaired) electrons. The first kappa shape index (κ1) is 17.4. The standard InChI is InChI=1S/C18H10BrClN4O3/c19-12-4-6-16-22-17(15-2-1-7-27-15)18(23(16)10-12)21-9-11-3-5-13(20)14(8-11)24(25)26/h1-10H. The van der Waals surface area contributed by atoms with Crippen molar-refractivity contribution in [3.63, 3.8) is 0 Å². The summed E-state index contributed by atoms with van der Waals surface area (Å²) in [6, 6.07) is 11.8. The molecule has 0 fully saturated rings. The first-order chi connectivity index (χ1) is 13.0. The van der Waals surface area contributed by atoms with E-state index in [4.69, 9.17) is 16.0 Å². The van der Waals surface area contributed by atoms with Crippen LogP contribution < -0.4 is 0 Å². The number of rotatable bonds is 4. The zero-order valence-corrected chi connectivity index (χ0v) is 15.9. The highest BCUT2D eigenvalue weighted by atomic mass is 79.9. The number of aromatic nitrogens is 2. The molecule has 9 heteroatoms. The van der Waals surface area contributed by atoms with Gasteiger partial charge < -0.3 is 4.42 Å². The van der Waals surface area contributed by atoms with Crippen LogP contribution in [0, 0.1) is 10.1 Å². The van der Waals surface area contributed by atoms with Gasteiger partial charge in [0.2, 0.25) is 0 Å². The number of pyridine rings is 1. The van der Waals surface area contributed by atoms with Crippen molar-refractivity contribution in [2.45, 2.75) is 0 Å². The molecule has 0 atom stereocenters. The molecule has 27 heavy (non-hydrogen) atoms. The molecule has 0 saturated carbocycles. The number of halogens is 2. The number of fused-ring (bicyclic) bond motifs is 1. The van der Waals surface area contributed by atoms with Crippen LogP contribution in [-0.2, 0) is 0 Å². The van der Waals surface area contributed by atoms with Crippen molar-refractivity contribution < 1.29 is 9.34 Å². The number of imidazole rings is 1. The van der Waals surface area contributed by atoms with E-state index in [1.54, 1.807) is 24.5 Å². The van der Waals surface area contributed by atoms with E-state index >= 15 is 0 Å². The van der Waals surface area contributed by atoms with Gasteiger partial charge in [-0.05, 0) is 51.8 Å². The van der Waals surface area contributed by atoms with Gasteiger partial charge in [-0.2, -0.15) is 0 Å². The first-order valence-corrected chi connectivity index (χ1v) is 8.89. The summed E-state index contributed by atoms with van der Waals surface area (Å²) in [7, 11) is 0. The van der Waals surface area contributed by atoms with Crippen molar-refractivity contribution in [1.29, 1.82) is 0 Å². The van der Waals surface area contributed by atoms with Crippen molar-refractivity contribution in [3.8, 4) is 11.5 Å². The van der Waals surface area contributed by atoms with E-state index in [0.29, 0.717) is 28.5 Å². The summed E-state index contributed by atoms with van der Waals surface area (Å²) in [5, 5.41) is 11.1. The zero-order valence-electron chi connectivity index (χ0n) is 13.5. The van der Waals surface area contributed by atoms with E-state index in [2.05, 4.69) is 25.9 Å². The van der Waals surface area contributed by atoms with Gasteiger partial charge in [0.15, 0.2) is 17.3 Å². The molecule has 0 aliphatic heterocycles. The minimum atomic E-state index is -0.528. The molecule has 0 spiro atoms. The van der Waals surface area contributed by atoms with Crippen LogP contribution in [0.1, 0.15) is 5.56 Å². The topological polar surface area (TPSA) is 85.9 Å². The Morgan fingerprint density at radius 1 is 1.30 bits per heavy atom. The fourth-order valence-corrected chi connectivity index (χ4v) is 3.12. The van der Waals surface area contributed by atoms with Gasteiger partial charge in [0.1, 0.15) is 10.7 Å². The second kappa shape index (κ2) is 6.98. The van der Waals surface area contributed by atoms with Gasteiger partial charge in [0.05, 0.1) is 11.2 Å². The highest BCUT2D eigenvalue weighted by Gasteiger charge is 2.16. The van der Waals surface area contributed by atoms with E-state index in [0.717, 1.165) is 4.47 Å². The van der Waals surface area contributed by atoms with Crippen LogP contribution in [0.15, 0.2) is 68.8 Å². The third-order valence-electron chi connectivity index (χ3n) is 3.81. The van der Waals surface area contributed by atoms with E-state index in [-0.39, 0.29) is 10.7 Å². The SMILES string of the molecule is O=[N+]([O-])c1cc(C=Nc2c(-c3ccco3)nc3ccc(Br)cn23)ccc1Cl. The Hall–Kier alpha value is -2.97. The van der Waals surface area contributed by atoms with Gasteiger partial charge in [0.25, 0.3) is 5.69 Å². The van der Waals surface area contributed by atoms with Crippen molar-refractivity contribution in [1.82, 2.24) is 9.38 Å². The van der Waals surface area contributed by atoms with E-state index < -0.39 is 4.92 Å². The Morgan fingerprint density at radius 3 is 2.89 bits per heavy atom. The van der Waals surface area contributed by atoms with Crippen molar-refractivity contribution in [2.24, 2.45) is 4.99 Å². The Morgan fingerprint density at radius 2 is 2.15 bits per heavy atom. The Bertz CT molecular complexity index is 1190. The van der Waals surface area contributed by atoms with Gasteiger partial charge in [-0.1, -0.05) is 17.7 Å². The number of hydrogen-bond donors (Lipinski definition) is 0. The maximum atomic E-state index is 11.1. The van der Waals surface area contributed by atoms with Gasteiger partial charge in [-0.3, -0.25) is 14.5 Å². The second-order valence-corrected chi connectivity index (χ2v) is 6.89. The summed E-state index contributed by atoms with van der Waals surface area (Å²) in [6.07, 6.45) is 4.93. The number of aliphatic imine (C=N–C) groups is 1. The highest BCUT2D eigenvalue weighted by molar-refractivity contribution is 9.10. The summed E-state index contributed by atoms with van der Waals surface area (Å²) in [4.78, 5) is 19.6. The maximum Gasteiger partial charge on any atom is 0.288 e. The van der Waals surface area contributed by atoms with Gasteiger partial charge in [0, 0.05) is 23.0 Å². The summed E-state index contributed by atoms with van der Waals surface area (Å²) in [6.45, 7) is 0. The Labute approximate surface area is 166 Å². The number of nitro benzene ring substituents is 1. The molecule has 4 aromatic rings. The number of hydrogen-bond acceptors (Lipinski definition) is 5. The Balaban J connectivity index is 1.85. The van der Waals surface area contributed by atoms with Crippen molar-refractivity contribution in [3.05, 3.63) is 80.1 Å². The van der Waals surface area contributed by atoms with Crippen LogP contribution in [0.2, 0.25) is 5.02 Å². The third kappa shape index (κ3) is 3.36. The molecule has 1 aromatic carbocycles. The molecule has 3 aromatic heterocycles. The monoisotopic (exact) mass is 444 g/mol. The average molecular weight is 446 g/mol. The molecule has 0 aliphatic rings. The quantitative estimate of drug-likeness (QED) is 0.230. The van der Waals surface area contributed by atoms with Crippen LogP contribution >= 0.6 is 27.5 Å². The maximum absolute atomic E-state index is 11.1. The predicted molar refractivity (Wildman–Crippen MR) is 106 cm³/mol. The second-order valence-electron chi connectivity index (χ2n) is 5.56. The summed E-state index contributed by atoms with van der Waals surface area (Å²) in [5.41, 5.74) is 1.63. The van der Waals surface area contributed by atoms with Crippen LogP contribution in [0.4, 0.5) is 11.5 Å². The van der Waals surface area contributed by atoms with Gasteiger partial charge in [-0.15, -0.1) is 0 Å². The minimum Gasteiger partial charge on any atom is -0.463 e. The number of furan rings is 1. The zero-order chi connectivity index (χ0) is 19.0. The Kier molecular flexibility index (Phi) is 4.51. The van der Waals surface area contributed by atoms with Crippen molar-refractivity contribution in [2.75, 3.05) is 0 Å². The molecule has 0 aliphatic carbocycles. The lowest BCUT2D eigenvalue weighted by Gasteiger charge is -2.00. The summed E-state index contributed by atoms with van der Waals surface area (Å²) in [5.74, 6) is 1.11. The summed E-state index contributed by atoms with van der Waals surface area (Å²) >= 11 is 9.30. The number of nitrogens with zero attached hydrogens (tertiary/aromatic N) is 4. The van der Waals surface area contributed by atoms with Crippen LogP contribution in [-0.4, -0.2) is 20.5 Å². The van der Waals surface area contributed by atoms with Crippen molar-refractivity contribution >= 4 is 50.9 Å². The molecule has 0 bridgehead atoms. The molecular weight excluding hydrogens is 436 g/mol. The molecule has 0 amide bonds. The molecule has 3 heterocycles. The first-order valence-electron chi connectivity index (χ1n) is 7.72. The molecular formula is C18H10BrClN4O3. The molecule has 134 valence electrons. The van der Waals surface area contributed by atoms with Crippen LogP contribution in [0.5, 0.6) is 0 Å². The van der Waals surface area contributed by atoms with Gasteiger partial charge in [-0.25, -0.2) is 9.98 Å². The number of benzene rings is 1. The number of nitro groups is 1. The molecule has 0 N–H and O–H groups in total. The largest absolute Gasteiger partial charge is 0.463 e. The fraction of sp³-hybridized carbons (Fsp3) is 0. The molecule has 4 rings (SSSR count). The predicted octanol–water partition coefficient (Wildman–Crippen LogP) is 5.67. The lowest BCUT2D eigenvalue weighted by Crippen LogP contribution is -1.91. The smallest absolute Gasteiger partial charge is 0.288 e. The van der Waals surface area contributed by atoms with Crippen LogP contribution in [0.25, 0.3) is 17.1 Å². The van der Waals surface area contributed by atoms with E-state index in [1.807, 2.05) is 22.7 Å². The molecule has 0 saturated heterocycles. The highest BCUT2D eigenvalue weighted by Crippen LogP contribution is 2.32. The fourth-order valence-electron chi connectivity index (χ4n) is 2.59. The summed E-state index contributed by atoms with van der Waals surface area (Å²) < 4.78 is 8.14. The molecule has 0 unspecified atom stereocenters. The lowest BCUT2D eigenvalue weighted by molar-refractivity contribution is -0.384. The normalized spacial score (nSPS) is 11.5. The van der Waals surface area contributed by atoms with E-state index in [1.165, 1.54) is 18.3 Å². The van der Waals surface area contributed by atoms with Crippen LogP contribution in [0.3, 0.4) is 0 Å². The third-order valence-corrected chi connectivity index (χ3v) is 4.60.